The Labute approximate surface area is 480 Å². The van der Waals surface area contributed by atoms with Crippen LogP contribution in [-0.4, -0.2) is 68.5 Å². The lowest BCUT2D eigenvalue weighted by Crippen LogP contribution is -2.45. The van der Waals surface area contributed by atoms with E-state index < -0.39 is 26.6 Å². The number of aliphatic hydroxyl groups excluding tert-OH is 1. The summed E-state index contributed by atoms with van der Waals surface area (Å²) in [6.07, 6.45) is 90.4. The molecule has 3 atom stereocenters. The number of allylic oxidation sites excluding steroid dienone is 25. The number of quaternary nitrogens is 1. The average molecular weight is 1100 g/mol. The quantitative estimate of drug-likeness (QED) is 0.0272. The molecule has 3 unspecified atom stereocenters. The zero-order valence-corrected chi connectivity index (χ0v) is 51.2. The van der Waals surface area contributed by atoms with Crippen LogP contribution in [0.25, 0.3) is 0 Å². The van der Waals surface area contributed by atoms with Gasteiger partial charge in [0.15, 0.2) is 0 Å². The molecule has 442 valence electrons. The highest BCUT2D eigenvalue weighted by molar-refractivity contribution is 7.45. The van der Waals surface area contributed by atoms with Crippen molar-refractivity contribution in [1.29, 1.82) is 0 Å². The van der Waals surface area contributed by atoms with Crippen molar-refractivity contribution in [2.24, 2.45) is 0 Å². The third kappa shape index (κ3) is 59.8. The van der Waals surface area contributed by atoms with Crippen molar-refractivity contribution in [2.75, 3.05) is 40.9 Å². The number of unbranched alkanes of at least 4 members (excludes halogenated alkanes) is 17. The molecule has 0 aliphatic rings. The molecule has 0 aromatic rings. The van der Waals surface area contributed by atoms with Gasteiger partial charge in [0.1, 0.15) is 13.2 Å². The van der Waals surface area contributed by atoms with Crippen LogP contribution < -0.4 is 10.2 Å². The first-order chi connectivity index (χ1) is 38.0. The van der Waals surface area contributed by atoms with Crippen LogP contribution in [0.1, 0.15) is 219 Å². The fraction of sp³-hybridized carbons (Fsp3) is 0.609. The number of nitrogens with zero attached hydrogens (tertiary/aromatic N) is 1. The van der Waals surface area contributed by atoms with Crippen molar-refractivity contribution in [3.8, 4) is 0 Å². The van der Waals surface area contributed by atoms with E-state index in [1.807, 2.05) is 27.2 Å². The Balaban J connectivity index is 4.21. The zero-order chi connectivity index (χ0) is 57.0. The number of hydrogen-bond acceptors (Lipinski definition) is 6. The lowest BCUT2D eigenvalue weighted by atomic mass is 10.0. The van der Waals surface area contributed by atoms with Gasteiger partial charge >= 0.3 is 0 Å². The van der Waals surface area contributed by atoms with Crippen LogP contribution in [0.15, 0.2) is 158 Å². The van der Waals surface area contributed by atoms with E-state index in [9.17, 15) is 19.4 Å². The maximum absolute atomic E-state index is 13.0. The van der Waals surface area contributed by atoms with Gasteiger partial charge in [0.05, 0.1) is 39.9 Å². The Morgan fingerprint density at radius 1 is 0.462 bits per heavy atom. The summed E-state index contributed by atoms with van der Waals surface area (Å²) in [5.74, 6) is -0.228. The van der Waals surface area contributed by atoms with Gasteiger partial charge in [0.25, 0.3) is 7.82 Å². The molecule has 0 aromatic carbocycles. The first-order valence-corrected chi connectivity index (χ1v) is 32.3. The SMILES string of the molecule is CC/C=C\C/C=C\C/C=C\C/C=C\C/C=C\C/C=C\C/C=C\C/C=C\C/C=C\C/C=C\C/C=C\C/C=C\CCCCCCC(=O)NC(COP(=O)([O-])OCC[N+](C)(C)C)C(O)/C=C/CCCCCCCCCCCCCCC. The predicted molar refractivity (Wildman–Crippen MR) is 338 cm³/mol. The molecule has 0 fully saturated rings. The minimum absolute atomic E-state index is 0.0144. The van der Waals surface area contributed by atoms with Crippen LogP contribution >= 0.6 is 7.82 Å². The molecule has 0 bridgehead atoms. The minimum atomic E-state index is -4.61. The van der Waals surface area contributed by atoms with Gasteiger partial charge in [0.2, 0.25) is 5.91 Å². The number of phosphoric acid groups is 1. The Kier molecular flexibility index (Phi) is 54.9. The van der Waals surface area contributed by atoms with Crippen molar-refractivity contribution in [3.05, 3.63) is 158 Å². The highest BCUT2D eigenvalue weighted by Crippen LogP contribution is 2.38. The van der Waals surface area contributed by atoms with Gasteiger partial charge in [0, 0.05) is 6.42 Å². The second kappa shape index (κ2) is 57.8. The molecule has 0 aliphatic heterocycles. The van der Waals surface area contributed by atoms with E-state index in [1.54, 1.807) is 6.08 Å². The Hall–Kier alpha value is -3.88. The molecule has 9 heteroatoms. The number of carbonyl (C=O) groups is 1. The van der Waals surface area contributed by atoms with Gasteiger partial charge in [-0.05, 0) is 109 Å². The van der Waals surface area contributed by atoms with Crippen LogP contribution in [0.5, 0.6) is 0 Å². The molecule has 0 heterocycles. The summed E-state index contributed by atoms with van der Waals surface area (Å²) in [7, 11) is 1.22. The fourth-order valence-corrected chi connectivity index (χ4v) is 8.68. The Morgan fingerprint density at radius 3 is 1.14 bits per heavy atom. The fourth-order valence-electron chi connectivity index (χ4n) is 7.96. The van der Waals surface area contributed by atoms with Crippen LogP contribution in [0, 0.1) is 0 Å². The van der Waals surface area contributed by atoms with E-state index in [0.717, 1.165) is 128 Å². The second-order valence-electron chi connectivity index (χ2n) is 21.3. The first kappa shape index (κ1) is 74.1. The van der Waals surface area contributed by atoms with E-state index in [4.69, 9.17) is 9.05 Å². The van der Waals surface area contributed by atoms with Gasteiger partial charge < -0.3 is 28.8 Å². The van der Waals surface area contributed by atoms with Crippen LogP contribution in [0.4, 0.5) is 0 Å². The van der Waals surface area contributed by atoms with Crippen molar-refractivity contribution in [2.45, 2.75) is 231 Å². The van der Waals surface area contributed by atoms with E-state index in [2.05, 4.69) is 165 Å². The molecule has 0 rings (SSSR count). The summed E-state index contributed by atoms with van der Waals surface area (Å²) in [6.45, 7) is 4.49. The second-order valence-corrected chi connectivity index (χ2v) is 22.7. The maximum atomic E-state index is 13.0. The average Bonchev–Trinajstić information content (AvgIpc) is 3.41. The monoisotopic (exact) mass is 1100 g/mol. The van der Waals surface area contributed by atoms with Crippen LogP contribution in [0.2, 0.25) is 0 Å². The van der Waals surface area contributed by atoms with E-state index in [1.165, 1.54) is 70.6 Å². The maximum Gasteiger partial charge on any atom is 0.268 e. The zero-order valence-electron chi connectivity index (χ0n) is 50.3. The smallest absolute Gasteiger partial charge is 0.268 e. The van der Waals surface area contributed by atoms with Crippen molar-refractivity contribution >= 4 is 13.7 Å². The number of aliphatic hydroxyl groups is 1. The molecule has 0 aliphatic carbocycles. The number of amides is 1. The molecule has 0 spiro atoms. The Morgan fingerprint density at radius 2 is 0.782 bits per heavy atom. The van der Waals surface area contributed by atoms with Gasteiger partial charge in [-0.25, -0.2) is 0 Å². The van der Waals surface area contributed by atoms with E-state index in [-0.39, 0.29) is 12.5 Å². The molecular formula is C69H115N2O6P. The molecule has 78 heavy (non-hydrogen) atoms. The molecule has 0 saturated carbocycles. The summed E-state index contributed by atoms with van der Waals surface area (Å²) in [5.41, 5.74) is 0. The van der Waals surface area contributed by atoms with Gasteiger partial charge in [-0.1, -0.05) is 262 Å². The molecule has 0 aromatic heterocycles. The number of rotatable bonds is 54. The number of hydrogen-bond donors (Lipinski definition) is 2. The number of phosphoric ester groups is 1. The summed E-state index contributed by atoms with van der Waals surface area (Å²) in [4.78, 5) is 25.5. The number of nitrogens with one attached hydrogen (secondary N) is 1. The standard InChI is InChI=1S/C69H115N2O6P/c1-6-8-10-12-14-16-18-20-22-23-24-25-26-27-28-29-30-31-32-33-34-35-36-37-38-39-40-41-42-43-44-45-46-47-49-51-53-55-57-59-61-63-69(73)70-67(66-77-78(74,75)76-65-64-71(3,4)5)68(72)62-60-58-56-54-52-50-48-21-19-17-15-13-11-9-7-2/h8,10,14,16,20,22,24-25,27-28,30-31,33-34,36-37,39-40,42-43,45-46,49,51,60,62,67-68,72H,6-7,9,11-13,15,17-19,21,23,26,29,32,35,38,41,44,47-48,50,52-59,61,63-66H2,1-5H3,(H-,70,73,74,75)/b10-8-,16-14-,22-20-,25-24-,28-27-,31-30-,34-33-,37-36-,40-39-,43-42-,46-45-,51-49-,62-60+. The molecule has 2 N–H and O–H groups in total. The highest BCUT2D eigenvalue weighted by atomic mass is 31.2. The van der Waals surface area contributed by atoms with Crippen molar-refractivity contribution < 1.29 is 32.9 Å². The molecule has 0 saturated heterocycles. The van der Waals surface area contributed by atoms with Gasteiger partial charge in [-0.15, -0.1) is 0 Å². The summed E-state index contributed by atoms with van der Waals surface area (Å²) in [5, 5.41) is 13.8. The number of likely N-dealkylation sites (N-methyl/N-ethyl adjacent to an activating group) is 1. The van der Waals surface area contributed by atoms with Gasteiger partial charge in [-0.3, -0.25) is 9.36 Å². The normalized spacial score (nSPS) is 14.9. The largest absolute Gasteiger partial charge is 0.756 e. The summed E-state index contributed by atoms with van der Waals surface area (Å²) < 4.78 is 23.3. The van der Waals surface area contributed by atoms with Crippen molar-refractivity contribution in [3.63, 3.8) is 0 Å². The summed E-state index contributed by atoms with van der Waals surface area (Å²) in [6, 6.07) is -0.912. The lowest BCUT2D eigenvalue weighted by molar-refractivity contribution is -0.870. The lowest BCUT2D eigenvalue weighted by Gasteiger charge is -2.29. The molecule has 8 nitrogen and oxygen atoms in total. The molecular weight excluding hydrogens is 984 g/mol. The number of carbonyl (C=O) groups excluding carboxylic acids is 1. The van der Waals surface area contributed by atoms with Crippen LogP contribution in [0.3, 0.4) is 0 Å². The van der Waals surface area contributed by atoms with Gasteiger partial charge in [-0.2, -0.15) is 0 Å². The van der Waals surface area contributed by atoms with E-state index >= 15 is 0 Å². The molecule has 1 amide bonds. The first-order valence-electron chi connectivity index (χ1n) is 30.8. The molecule has 0 radical (unpaired) electrons. The Bertz CT molecular complexity index is 1820. The van der Waals surface area contributed by atoms with Crippen molar-refractivity contribution in [1.82, 2.24) is 5.32 Å². The third-order valence-electron chi connectivity index (χ3n) is 12.7. The van der Waals surface area contributed by atoms with E-state index in [0.29, 0.717) is 17.4 Å². The summed E-state index contributed by atoms with van der Waals surface area (Å²) >= 11 is 0. The predicted octanol–water partition coefficient (Wildman–Crippen LogP) is 18.8. The minimum Gasteiger partial charge on any atom is -0.756 e. The van der Waals surface area contributed by atoms with Crippen LogP contribution in [-0.2, 0) is 18.4 Å². The third-order valence-corrected chi connectivity index (χ3v) is 13.7. The topological polar surface area (TPSA) is 108 Å². The highest BCUT2D eigenvalue weighted by Gasteiger charge is 2.23.